The normalized spacial score (nSPS) is 16.6. The van der Waals surface area contributed by atoms with E-state index < -0.39 is 5.92 Å². The predicted octanol–water partition coefficient (Wildman–Crippen LogP) is 5.33. The summed E-state index contributed by atoms with van der Waals surface area (Å²) in [5.41, 5.74) is 2.67. The Morgan fingerprint density at radius 2 is 1.89 bits per heavy atom. The summed E-state index contributed by atoms with van der Waals surface area (Å²) in [7, 11) is 0. The lowest BCUT2D eigenvalue weighted by Gasteiger charge is -2.17. The van der Waals surface area contributed by atoms with Gasteiger partial charge in [-0.25, -0.2) is 0 Å². The van der Waals surface area contributed by atoms with Crippen LogP contribution in [0.4, 0.5) is 11.4 Å². The molecule has 1 atom stereocenters. The van der Waals surface area contributed by atoms with Crippen LogP contribution in [0.1, 0.15) is 31.7 Å². The molecular weight excluding hydrogens is 383 g/mol. The Kier molecular flexibility index (Phi) is 6.40. The Morgan fingerprint density at radius 1 is 1.15 bits per heavy atom. The molecule has 1 saturated heterocycles. The molecular formula is C21H22Cl2N2O2. The minimum absolute atomic E-state index is 0.0365. The molecule has 2 aromatic carbocycles. The van der Waals surface area contributed by atoms with Crippen LogP contribution in [0.5, 0.6) is 0 Å². The van der Waals surface area contributed by atoms with Crippen LogP contribution in [0, 0.1) is 5.92 Å². The second-order valence-corrected chi connectivity index (χ2v) is 7.61. The number of hydrogen-bond donors (Lipinski definition) is 1. The van der Waals surface area contributed by atoms with Crippen LogP contribution in [0.15, 0.2) is 42.5 Å². The molecule has 1 heterocycles. The molecule has 1 aliphatic heterocycles. The van der Waals surface area contributed by atoms with E-state index in [1.54, 1.807) is 23.1 Å². The van der Waals surface area contributed by atoms with Crippen LogP contribution in [-0.2, 0) is 16.0 Å². The van der Waals surface area contributed by atoms with Gasteiger partial charge in [-0.15, -0.1) is 0 Å². The highest BCUT2D eigenvalue weighted by Crippen LogP contribution is 2.28. The van der Waals surface area contributed by atoms with Crippen molar-refractivity contribution in [1.82, 2.24) is 0 Å². The molecule has 6 heteroatoms. The first-order valence-electron chi connectivity index (χ1n) is 9.13. The number of carbonyl (C=O) groups excluding carboxylic acids is 2. The second kappa shape index (κ2) is 8.77. The molecule has 142 valence electrons. The quantitative estimate of drug-likeness (QED) is 0.707. The lowest BCUT2D eigenvalue weighted by atomic mass is 10.1. The summed E-state index contributed by atoms with van der Waals surface area (Å²) in [6.07, 6.45) is 3.55. The van der Waals surface area contributed by atoms with E-state index in [9.17, 15) is 9.59 Å². The van der Waals surface area contributed by atoms with Gasteiger partial charge in [-0.1, -0.05) is 48.7 Å². The van der Waals surface area contributed by atoms with E-state index in [1.807, 2.05) is 12.1 Å². The zero-order valence-corrected chi connectivity index (χ0v) is 16.7. The number of amides is 2. The lowest BCUT2D eigenvalue weighted by molar-refractivity contribution is -0.122. The van der Waals surface area contributed by atoms with E-state index >= 15 is 0 Å². The molecule has 2 amide bonds. The summed E-state index contributed by atoms with van der Waals surface area (Å²) in [6.45, 7) is 2.54. The number of carbonyl (C=O) groups is 2. The molecule has 0 aromatic heterocycles. The molecule has 3 rings (SSSR count). The molecule has 1 fully saturated rings. The average Bonchev–Trinajstić information content (AvgIpc) is 3.05. The molecule has 0 unspecified atom stereocenters. The largest absolute Gasteiger partial charge is 0.326 e. The van der Waals surface area contributed by atoms with Crippen molar-refractivity contribution < 1.29 is 9.59 Å². The number of unbranched alkanes of at least 4 members (excludes halogenated alkanes) is 1. The Labute approximate surface area is 169 Å². The van der Waals surface area contributed by atoms with Gasteiger partial charge in [-0.2, -0.15) is 0 Å². The van der Waals surface area contributed by atoms with E-state index in [2.05, 4.69) is 24.4 Å². The molecule has 4 nitrogen and oxygen atoms in total. The maximum atomic E-state index is 12.5. The van der Waals surface area contributed by atoms with Crippen molar-refractivity contribution >= 4 is 46.4 Å². The van der Waals surface area contributed by atoms with Crippen molar-refractivity contribution in [3.63, 3.8) is 0 Å². The first-order valence-corrected chi connectivity index (χ1v) is 9.88. The summed E-state index contributed by atoms with van der Waals surface area (Å²) in [5, 5.41) is 3.62. The van der Waals surface area contributed by atoms with Crippen molar-refractivity contribution in [3.8, 4) is 0 Å². The van der Waals surface area contributed by atoms with Crippen LogP contribution in [0.2, 0.25) is 10.0 Å². The minimum Gasteiger partial charge on any atom is -0.326 e. The van der Waals surface area contributed by atoms with Gasteiger partial charge in [0.25, 0.3) is 0 Å². The fourth-order valence-corrected chi connectivity index (χ4v) is 3.47. The zero-order valence-electron chi connectivity index (χ0n) is 15.2. The first kappa shape index (κ1) is 19.7. The Bertz CT molecular complexity index is 837. The fourth-order valence-electron chi connectivity index (χ4n) is 3.17. The van der Waals surface area contributed by atoms with Gasteiger partial charge >= 0.3 is 0 Å². The van der Waals surface area contributed by atoms with Crippen LogP contribution >= 0.6 is 23.2 Å². The number of nitrogens with one attached hydrogen (secondary N) is 1. The van der Waals surface area contributed by atoms with Crippen molar-refractivity contribution in [2.45, 2.75) is 32.6 Å². The van der Waals surface area contributed by atoms with Crippen LogP contribution in [-0.4, -0.2) is 18.4 Å². The van der Waals surface area contributed by atoms with Gasteiger partial charge in [0.1, 0.15) is 0 Å². The Morgan fingerprint density at radius 3 is 2.56 bits per heavy atom. The topological polar surface area (TPSA) is 49.4 Å². The van der Waals surface area contributed by atoms with Gasteiger partial charge in [0.15, 0.2) is 0 Å². The molecule has 1 N–H and O–H groups in total. The highest BCUT2D eigenvalue weighted by Gasteiger charge is 2.35. The van der Waals surface area contributed by atoms with E-state index in [-0.39, 0.29) is 18.2 Å². The molecule has 0 spiro atoms. The first-order chi connectivity index (χ1) is 13.0. The number of nitrogens with zero attached hydrogens (tertiary/aromatic N) is 1. The van der Waals surface area contributed by atoms with Crippen molar-refractivity contribution in [2.24, 2.45) is 5.92 Å². The number of anilines is 2. The number of halogens is 2. The lowest BCUT2D eigenvalue weighted by Crippen LogP contribution is -2.28. The van der Waals surface area contributed by atoms with Crippen LogP contribution < -0.4 is 10.2 Å². The molecule has 27 heavy (non-hydrogen) atoms. The maximum absolute atomic E-state index is 12.5. The second-order valence-electron chi connectivity index (χ2n) is 6.79. The third kappa shape index (κ3) is 4.82. The molecule has 0 aliphatic carbocycles. The predicted molar refractivity (Wildman–Crippen MR) is 111 cm³/mol. The zero-order chi connectivity index (χ0) is 19.4. The Balaban J connectivity index is 1.64. The number of hydrogen-bond acceptors (Lipinski definition) is 2. The summed E-state index contributed by atoms with van der Waals surface area (Å²) in [5.74, 6) is -0.624. The third-order valence-corrected chi connectivity index (χ3v) is 5.49. The van der Waals surface area contributed by atoms with Crippen LogP contribution in [0.25, 0.3) is 0 Å². The van der Waals surface area contributed by atoms with E-state index in [4.69, 9.17) is 23.2 Å². The van der Waals surface area contributed by atoms with E-state index in [0.29, 0.717) is 22.3 Å². The van der Waals surface area contributed by atoms with E-state index in [0.717, 1.165) is 24.9 Å². The van der Waals surface area contributed by atoms with Gasteiger partial charge in [0.05, 0.1) is 16.0 Å². The SMILES string of the molecule is CCCCc1ccc(N2C[C@H](C(=O)Nc3ccc(Cl)c(Cl)c3)CC2=O)cc1. The number of rotatable bonds is 6. The molecule has 1 aliphatic rings. The number of benzene rings is 2. The van der Waals surface area contributed by atoms with Crippen molar-refractivity contribution in [3.05, 3.63) is 58.1 Å². The fraction of sp³-hybridized carbons (Fsp3) is 0.333. The standard InChI is InChI=1S/C21H22Cl2N2O2/c1-2-3-4-14-5-8-17(9-6-14)25-13-15(11-20(25)26)21(27)24-16-7-10-18(22)19(23)12-16/h5-10,12,15H,2-4,11,13H2,1H3,(H,24,27)/t15-/m1/s1. The molecule has 2 aromatic rings. The Hall–Kier alpha value is -2.04. The van der Waals surface area contributed by atoms with E-state index in [1.165, 1.54) is 5.56 Å². The summed E-state index contributed by atoms with van der Waals surface area (Å²) < 4.78 is 0. The average molecular weight is 405 g/mol. The maximum Gasteiger partial charge on any atom is 0.229 e. The van der Waals surface area contributed by atoms with Gasteiger partial charge in [0.2, 0.25) is 11.8 Å². The van der Waals surface area contributed by atoms with Gasteiger partial charge < -0.3 is 10.2 Å². The molecule has 0 bridgehead atoms. The highest BCUT2D eigenvalue weighted by molar-refractivity contribution is 6.42. The minimum atomic E-state index is -0.397. The summed E-state index contributed by atoms with van der Waals surface area (Å²) >= 11 is 11.9. The van der Waals surface area contributed by atoms with Crippen molar-refractivity contribution in [1.29, 1.82) is 0 Å². The van der Waals surface area contributed by atoms with Crippen molar-refractivity contribution in [2.75, 3.05) is 16.8 Å². The van der Waals surface area contributed by atoms with Gasteiger partial charge in [-0.05, 0) is 48.7 Å². The van der Waals surface area contributed by atoms with Gasteiger partial charge in [-0.3, -0.25) is 9.59 Å². The van der Waals surface area contributed by atoms with Gasteiger partial charge in [0, 0.05) is 24.3 Å². The molecule has 0 radical (unpaired) electrons. The smallest absolute Gasteiger partial charge is 0.229 e. The monoisotopic (exact) mass is 404 g/mol. The highest BCUT2D eigenvalue weighted by atomic mass is 35.5. The molecule has 0 saturated carbocycles. The summed E-state index contributed by atoms with van der Waals surface area (Å²) in [4.78, 5) is 26.6. The van der Waals surface area contributed by atoms with Crippen LogP contribution in [0.3, 0.4) is 0 Å². The number of aryl methyl sites for hydroxylation is 1. The third-order valence-electron chi connectivity index (χ3n) is 4.75. The summed E-state index contributed by atoms with van der Waals surface area (Å²) in [6, 6.07) is 13.0.